The van der Waals surface area contributed by atoms with Crippen LogP contribution in [0, 0.1) is 0 Å². The van der Waals surface area contributed by atoms with Crippen LogP contribution in [0.2, 0.25) is 0 Å². The van der Waals surface area contributed by atoms with Gasteiger partial charge in [0.1, 0.15) is 0 Å². The standard InChI is InChI=1S/C16H33N3O/c1-14(2)18(4)11-9-6-10-17-15(3)16(20)19-12-7-5-8-13-19/h14-15,17H,5-13H2,1-4H3. The Morgan fingerprint density at radius 3 is 2.40 bits per heavy atom. The van der Waals surface area contributed by atoms with Gasteiger partial charge in [-0.2, -0.15) is 0 Å². The molecule has 0 bridgehead atoms. The fourth-order valence-corrected chi connectivity index (χ4v) is 2.54. The van der Waals surface area contributed by atoms with E-state index in [0.29, 0.717) is 6.04 Å². The fourth-order valence-electron chi connectivity index (χ4n) is 2.54. The number of likely N-dealkylation sites (tertiary alicyclic amines) is 1. The van der Waals surface area contributed by atoms with Gasteiger partial charge in [0.15, 0.2) is 0 Å². The zero-order valence-corrected chi connectivity index (χ0v) is 13.8. The topological polar surface area (TPSA) is 35.6 Å². The van der Waals surface area contributed by atoms with Crippen LogP contribution >= 0.6 is 0 Å². The molecule has 118 valence electrons. The summed E-state index contributed by atoms with van der Waals surface area (Å²) in [6.45, 7) is 10.4. The van der Waals surface area contributed by atoms with Crippen LogP contribution in [0.5, 0.6) is 0 Å². The molecule has 20 heavy (non-hydrogen) atoms. The molecule has 1 saturated heterocycles. The number of hydrogen-bond donors (Lipinski definition) is 1. The molecule has 4 heteroatoms. The van der Waals surface area contributed by atoms with Crippen LogP contribution in [0.25, 0.3) is 0 Å². The lowest BCUT2D eigenvalue weighted by Crippen LogP contribution is -2.47. The summed E-state index contributed by atoms with van der Waals surface area (Å²) in [7, 11) is 2.17. The zero-order chi connectivity index (χ0) is 15.0. The number of nitrogens with zero attached hydrogens (tertiary/aromatic N) is 2. The first-order chi connectivity index (χ1) is 9.52. The summed E-state index contributed by atoms with van der Waals surface area (Å²) in [5.41, 5.74) is 0. The molecular formula is C16H33N3O. The number of carbonyl (C=O) groups is 1. The van der Waals surface area contributed by atoms with Gasteiger partial charge < -0.3 is 15.1 Å². The summed E-state index contributed by atoms with van der Waals surface area (Å²) >= 11 is 0. The number of unbranched alkanes of at least 4 members (excludes halogenated alkanes) is 1. The molecule has 1 atom stereocenters. The quantitative estimate of drug-likeness (QED) is 0.693. The molecule has 0 aromatic heterocycles. The maximum Gasteiger partial charge on any atom is 0.239 e. The number of carbonyl (C=O) groups excluding carboxylic acids is 1. The lowest BCUT2D eigenvalue weighted by molar-refractivity contribution is -0.133. The van der Waals surface area contributed by atoms with E-state index in [1.165, 1.54) is 25.7 Å². The van der Waals surface area contributed by atoms with E-state index < -0.39 is 0 Å². The van der Waals surface area contributed by atoms with Gasteiger partial charge in [0.25, 0.3) is 0 Å². The number of nitrogens with one attached hydrogen (secondary N) is 1. The smallest absolute Gasteiger partial charge is 0.239 e. The summed E-state index contributed by atoms with van der Waals surface area (Å²) in [5, 5.41) is 3.37. The van der Waals surface area contributed by atoms with E-state index in [4.69, 9.17) is 0 Å². The highest BCUT2D eigenvalue weighted by atomic mass is 16.2. The van der Waals surface area contributed by atoms with Crippen LogP contribution in [0.15, 0.2) is 0 Å². The first-order valence-electron chi connectivity index (χ1n) is 8.24. The Balaban J connectivity index is 2.10. The van der Waals surface area contributed by atoms with E-state index in [2.05, 4.69) is 31.1 Å². The average molecular weight is 283 g/mol. The molecule has 1 rings (SSSR count). The molecule has 1 fully saturated rings. The molecule has 1 aliphatic rings. The zero-order valence-electron chi connectivity index (χ0n) is 13.8. The van der Waals surface area contributed by atoms with E-state index in [-0.39, 0.29) is 11.9 Å². The van der Waals surface area contributed by atoms with Crippen LogP contribution < -0.4 is 5.32 Å². The van der Waals surface area contributed by atoms with E-state index in [1.54, 1.807) is 0 Å². The minimum Gasteiger partial charge on any atom is -0.341 e. The van der Waals surface area contributed by atoms with Crippen molar-refractivity contribution in [3.63, 3.8) is 0 Å². The Hall–Kier alpha value is -0.610. The van der Waals surface area contributed by atoms with Gasteiger partial charge >= 0.3 is 0 Å². The monoisotopic (exact) mass is 283 g/mol. The minimum atomic E-state index is -0.0315. The number of rotatable bonds is 8. The van der Waals surface area contributed by atoms with Crippen LogP contribution in [-0.4, -0.2) is 61.0 Å². The number of amides is 1. The molecule has 0 saturated carbocycles. The van der Waals surface area contributed by atoms with Crippen LogP contribution in [0.3, 0.4) is 0 Å². The lowest BCUT2D eigenvalue weighted by atomic mass is 10.1. The van der Waals surface area contributed by atoms with Crippen molar-refractivity contribution in [2.45, 2.75) is 65.0 Å². The van der Waals surface area contributed by atoms with Crippen LogP contribution in [0.4, 0.5) is 0 Å². The van der Waals surface area contributed by atoms with Crippen molar-refractivity contribution in [2.75, 3.05) is 33.2 Å². The first kappa shape index (κ1) is 17.4. The SMILES string of the molecule is CC(NCCCCN(C)C(C)C)C(=O)N1CCCCC1. The molecule has 1 unspecified atom stereocenters. The predicted octanol–water partition coefficient (Wildman–Crippen LogP) is 2.10. The van der Waals surface area contributed by atoms with Crippen molar-refractivity contribution in [1.82, 2.24) is 15.1 Å². The fraction of sp³-hybridized carbons (Fsp3) is 0.938. The largest absolute Gasteiger partial charge is 0.341 e. The molecule has 4 nitrogen and oxygen atoms in total. The van der Waals surface area contributed by atoms with Gasteiger partial charge in [-0.1, -0.05) is 0 Å². The number of piperidine rings is 1. The van der Waals surface area contributed by atoms with Gasteiger partial charge in [-0.15, -0.1) is 0 Å². The second kappa shape index (κ2) is 9.35. The third-order valence-electron chi connectivity index (χ3n) is 4.31. The van der Waals surface area contributed by atoms with Gasteiger partial charge in [0.05, 0.1) is 6.04 Å². The maximum absolute atomic E-state index is 12.2. The molecular weight excluding hydrogens is 250 g/mol. The molecule has 1 amide bonds. The van der Waals surface area contributed by atoms with E-state index in [0.717, 1.165) is 32.6 Å². The third-order valence-corrected chi connectivity index (χ3v) is 4.31. The van der Waals surface area contributed by atoms with E-state index >= 15 is 0 Å². The minimum absolute atomic E-state index is 0.0315. The van der Waals surface area contributed by atoms with Crippen molar-refractivity contribution in [3.05, 3.63) is 0 Å². The molecule has 0 radical (unpaired) electrons. The number of hydrogen-bond acceptors (Lipinski definition) is 3. The van der Waals surface area contributed by atoms with Crippen molar-refractivity contribution in [2.24, 2.45) is 0 Å². The Kier molecular flexibility index (Phi) is 8.15. The van der Waals surface area contributed by atoms with Crippen molar-refractivity contribution in [1.29, 1.82) is 0 Å². The van der Waals surface area contributed by atoms with E-state index in [9.17, 15) is 4.79 Å². The van der Waals surface area contributed by atoms with Crippen molar-refractivity contribution >= 4 is 5.91 Å². The molecule has 0 aromatic carbocycles. The molecule has 0 aromatic rings. The first-order valence-corrected chi connectivity index (χ1v) is 8.24. The summed E-state index contributed by atoms with van der Waals surface area (Å²) < 4.78 is 0. The van der Waals surface area contributed by atoms with Gasteiger partial charge in [-0.05, 0) is 73.0 Å². The molecule has 1 N–H and O–H groups in total. The van der Waals surface area contributed by atoms with Gasteiger partial charge in [0, 0.05) is 19.1 Å². The second-order valence-corrected chi connectivity index (χ2v) is 6.34. The highest BCUT2D eigenvalue weighted by molar-refractivity contribution is 5.81. The third kappa shape index (κ3) is 6.23. The van der Waals surface area contributed by atoms with Crippen LogP contribution in [-0.2, 0) is 4.79 Å². The molecule has 1 heterocycles. The summed E-state index contributed by atoms with van der Waals surface area (Å²) in [4.78, 5) is 16.6. The van der Waals surface area contributed by atoms with Crippen molar-refractivity contribution < 1.29 is 4.79 Å². The molecule has 1 aliphatic heterocycles. The Labute approximate surface area is 124 Å². The van der Waals surface area contributed by atoms with E-state index in [1.807, 2.05) is 11.8 Å². The Morgan fingerprint density at radius 1 is 1.15 bits per heavy atom. The molecule has 0 spiro atoms. The summed E-state index contributed by atoms with van der Waals surface area (Å²) in [6, 6.07) is 0.582. The van der Waals surface area contributed by atoms with Crippen molar-refractivity contribution in [3.8, 4) is 0 Å². The Bertz CT molecular complexity index is 275. The molecule has 0 aliphatic carbocycles. The van der Waals surface area contributed by atoms with Crippen LogP contribution in [0.1, 0.15) is 52.9 Å². The Morgan fingerprint density at radius 2 is 1.80 bits per heavy atom. The predicted molar refractivity (Wildman–Crippen MR) is 84.9 cm³/mol. The van der Waals surface area contributed by atoms with Gasteiger partial charge in [0.2, 0.25) is 5.91 Å². The second-order valence-electron chi connectivity index (χ2n) is 6.34. The van der Waals surface area contributed by atoms with Gasteiger partial charge in [-0.3, -0.25) is 4.79 Å². The summed E-state index contributed by atoms with van der Waals surface area (Å²) in [6.07, 6.45) is 5.93. The normalized spacial score (nSPS) is 17.8. The highest BCUT2D eigenvalue weighted by Crippen LogP contribution is 2.10. The van der Waals surface area contributed by atoms with Gasteiger partial charge in [-0.25, -0.2) is 0 Å². The highest BCUT2D eigenvalue weighted by Gasteiger charge is 2.21. The average Bonchev–Trinajstić information content (AvgIpc) is 2.46. The summed E-state index contributed by atoms with van der Waals surface area (Å²) in [5.74, 6) is 0.281. The lowest BCUT2D eigenvalue weighted by Gasteiger charge is -2.29. The maximum atomic E-state index is 12.2.